The van der Waals surface area contributed by atoms with Crippen molar-refractivity contribution in [2.75, 3.05) is 5.73 Å². The van der Waals surface area contributed by atoms with Crippen LogP contribution in [0.4, 0.5) is 5.82 Å². The van der Waals surface area contributed by atoms with Gasteiger partial charge >= 0.3 is 0 Å². The smallest absolute Gasteiger partial charge is 0.132 e. The zero-order valence-corrected chi connectivity index (χ0v) is 10.7. The first-order valence-electron chi connectivity index (χ1n) is 5.96. The van der Waals surface area contributed by atoms with Gasteiger partial charge in [0.2, 0.25) is 0 Å². The molecule has 0 atom stereocenters. The Balaban J connectivity index is 2.38. The first-order valence-corrected chi connectivity index (χ1v) is 5.96. The van der Waals surface area contributed by atoms with Gasteiger partial charge < -0.3 is 10.3 Å². The lowest BCUT2D eigenvalue weighted by molar-refractivity contribution is 0.603. The maximum Gasteiger partial charge on any atom is 0.132 e. The van der Waals surface area contributed by atoms with Crippen LogP contribution in [0.5, 0.6) is 0 Å². The molecule has 0 fully saturated rings. The van der Waals surface area contributed by atoms with Crippen LogP contribution in [-0.2, 0) is 13.1 Å². The van der Waals surface area contributed by atoms with Gasteiger partial charge in [0, 0.05) is 18.3 Å². The third-order valence-corrected chi connectivity index (χ3v) is 2.81. The lowest BCUT2D eigenvalue weighted by Gasteiger charge is -2.01. The minimum Gasteiger partial charge on any atom is -0.383 e. The Morgan fingerprint density at radius 3 is 2.94 bits per heavy atom. The molecule has 18 heavy (non-hydrogen) atoms. The normalized spacial score (nSPS) is 10.5. The van der Waals surface area contributed by atoms with E-state index in [1.165, 1.54) is 0 Å². The van der Waals surface area contributed by atoms with Crippen molar-refractivity contribution in [2.45, 2.75) is 33.4 Å². The number of hydrogen-bond donors (Lipinski definition) is 1. The van der Waals surface area contributed by atoms with Crippen LogP contribution < -0.4 is 5.73 Å². The van der Waals surface area contributed by atoms with Crippen molar-refractivity contribution in [1.82, 2.24) is 19.3 Å². The maximum absolute atomic E-state index is 6.07. The Labute approximate surface area is 107 Å². The molecule has 0 aliphatic rings. The quantitative estimate of drug-likeness (QED) is 0.831. The summed E-state index contributed by atoms with van der Waals surface area (Å²) in [7, 11) is 0. The molecule has 0 spiro atoms. The van der Waals surface area contributed by atoms with E-state index in [-0.39, 0.29) is 0 Å². The SMILES string of the molecule is C#CCn1c(C)nc(-c2cnn(CCC)c2)c1N. The first kappa shape index (κ1) is 12.2. The second kappa shape index (κ2) is 4.96. The molecule has 0 aliphatic carbocycles. The van der Waals surface area contributed by atoms with Crippen molar-refractivity contribution in [3.63, 3.8) is 0 Å². The Morgan fingerprint density at radius 2 is 2.28 bits per heavy atom. The van der Waals surface area contributed by atoms with E-state index < -0.39 is 0 Å². The number of terminal acetylenes is 1. The van der Waals surface area contributed by atoms with Crippen LogP contribution in [0.1, 0.15) is 19.2 Å². The van der Waals surface area contributed by atoms with Crippen LogP contribution in [0.15, 0.2) is 12.4 Å². The zero-order chi connectivity index (χ0) is 13.1. The minimum absolute atomic E-state index is 0.438. The van der Waals surface area contributed by atoms with Crippen molar-refractivity contribution in [2.24, 2.45) is 0 Å². The van der Waals surface area contributed by atoms with Crippen molar-refractivity contribution < 1.29 is 0 Å². The Hall–Kier alpha value is -2.22. The number of nitrogens with zero attached hydrogens (tertiary/aromatic N) is 4. The summed E-state index contributed by atoms with van der Waals surface area (Å²) >= 11 is 0. The highest BCUT2D eigenvalue weighted by atomic mass is 15.3. The van der Waals surface area contributed by atoms with Crippen LogP contribution in [0.3, 0.4) is 0 Å². The summed E-state index contributed by atoms with van der Waals surface area (Å²) in [5.41, 5.74) is 7.76. The molecular weight excluding hydrogens is 226 g/mol. The molecule has 0 radical (unpaired) electrons. The number of anilines is 1. The molecule has 0 aliphatic heterocycles. The minimum atomic E-state index is 0.438. The van der Waals surface area contributed by atoms with E-state index in [0.29, 0.717) is 12.4 Å². The number of imidazole rings is 1. The fourth-order valence-corrected chi connectivity index (χ4v) is 1.92. The largest absolute Gasteiger partial charge is 0.383 e. The molecule has 2 N–H and O–H groups in total. The number of rotatable bonds is 4. The van der Waals surface area contributed by atoms with Crippen molar-refractivity contribution in [3.05, 3.63) is 18.2 Å². The van der Waals surface area contributed by atoms with E-state index in [1.54, 1.807) is 6.20 Å². The van der Waals surface area contributed by atoms with Crippen molar-refractivity contribution in [1.29, 1.82) is 0 Å². The van der Waals surface area contributed by atoms with Crippen molar-refractivity contribution in [3.8, 4) is 23.6 Å². The predicted octanol–water partition coefficient (Wildman–Crippen LogP) is 1.68. The Morgan fingerprint density at radius 1 is 1.50 bits per heavy atom. The molecule has 94 valence electrons. The maximum atomic E-state index is 6.07. The molecule has 5 nitrogen and oxygen atoms in total. The second-order valence-electron chi connectivity index (χ2n) is 4.18. The summed E-state index contributed by atoms with van der Waals surface area (Å²) < 4.78 is 3.72. The van der Waals surface area contributed by atoms with Gasteiger partial charge in [-0.25, -0.2) is 4.98 Å². The van der Waals surface area contributed by atoms with E-state index in [1.807, 2.05) is 22.4 Å². The highest BCUT2D eigenvalue weighted by molar-refractivity contribution is 5.70. The third kappa shape index (κ3) is 2.09. The van der Waals surface area contributed by atoms with Gasteiger partial charge in [-0.05, 0) is 13.3 Å². The summed E-state index contributed by atoms with van der Waals surface area (Å²) in [5, 5.41) is 4.28. The molecule has 0 saturated heterocycles. The van der Waals surface area contributed by atoms with E-state index in [2.05, 4.69) is 22.9 Å². The Kier molecular flexibility index (Phi) is 3.38. The highest BCUT2D eigenvalue weighted by Gasteiger charge is 2.14. The van der Waals surface area contributed by atoms with E-state index in [0.717, 1.165) is 30.0 Å². The molecule has 2 heterocycles. The average molecular weight is 243 g/mol. The molecule has 0 bridgehead atoms. The summed E-state index contributed by atoms with van der Waals surface area (Å²) in [6.07, 6.45) is 10.1. The standard InChI is InChI=1S/C13H17N5/c1-4-6-17-9-11(8-15-17)12-13(14)18(7-5-2)10(3)16-12/h2,8-9H,4,6-7,14H2,1,3H3. The number of nitrogens with two attached hydrogens (primary N) is 1. The predicted molar refractivity (Wildman–Crippen MR) is 71.7 cm³/mol. The summed E-state index contributed by atoms with van der Waals surface area (Å²) in [5.74, 6) is 4.00. The monoisotopic (exact) mass is 243 g/mol. The number of hydrogen-bond acceptors (Lipinski definition) is 3. The number of aromatic nitrogens is 4. The molecular formula is C13H17N5. The summed E-state index contributed by atoms with van der Waals surface area (Å²) in [6, 6.07) is 0. The molecule has 0 aromatic carbocycles. The third-order valence-electron chi connectivity index (χ3n) is 2.81. The molecule has 0 amide bonds. The van der Waals surface area contributed by atoms with Gasteiger partial charge in [0.05, 0.1) is 12.7 Å². The lowest BCUT2D eigenvalue weighted by Crippen LogP contribution is -2.03. The lowest BCUT2D eigenvalue weighted by atomic mass is 10.2. The molecule has 0 unspecified atom stereocenters. The summed E-state index contributed by atoms with van der Waals surface area (Å²) in [4.78, 5) is 4.46. The summed E-state index contributed by atoms with van der Waals surface area (Å²) in [6.45, 7) is 5.34. The molecule has 2 aromatic rings. The zero-order valence-electron chi connectivity index (χ0n) is 10.7. The number of aryl methyl sites for hydroxylation is 2. The van der Waals surface area contributed by atoms with Crippen molar-refractivity contribution >= 4 is 5.82 Å². The Bertz CT molecular complexity index is 585. The molecule has 5 heteroatoms. The van der Waals surface area contributed by atoms with Crippen LogP contribution in [0.25, 0.3) is 11.3 Å². The topological polar surface area (TPSA) is 61.7 Å². The van der Waals surface area contributed by atoms with Crippen LogP contribution >= 0.6 is 0 Å². The molecule has 2 rings (SSSR count). The van der Waals surface area contributed by atoms with Crippen LogP contribution in [0.2, 0.25) is 0 Å². The molecule has 2 aromatic heterocycles. The number of nitrogen functional groups attached to an aromatic ring is 1. The van der Waals surface area contributed by atoms with Gasteiger partial charge in [0.15, 0.2) is 0 Å². The van der Waals surface area contributed by atoms with Gasteiger partial charge in [-0.1, -0.05) is 12.8 Å². The molecule has 0 saturated carbocycles. The fraction of sp³-hybridized carbons (Fsp3) is 0.385. The van der Waals surface area contributed by atoms with Gasteiger partial charge in [-0.3, -0.25) is 4.68 Å². The van der Waals surface area contributed by atoms with Gasteiger partial charge in [0.1, 0.15) is 17.3 Å². The average Bonchev–Trinajstić information content (AvgIpc) is 2.90. The van der Waals surface area contributed by atoms with Crippen LogP contribution in [0, 0.1) is 19.3 Å². The fourth-order valence-electron chi connectivity index (χ4n) is 1.92. The van der Waals surface area contributed by atoms with Gasteiger partial charge in [0.25, 0.3) is 0 Å². The van der Waals surface area contributed by atoms with E-state index >= 15 is 0 Å². The first-order chi connectivity index (χ1) is 8.67. The van der Waals surface area contributed by atoms with E-state index in [9.17, 15) is 0 Å². The second-order valence-corrected chi connectivity index (χ2v) is 4.18. The van der Waals surface area contributed by atoms with Gasteiger partial charge in [-0.2, -0.15) is 5.10 Å². The highest BCUT2D eigenvalue weighted by Crippen LogP contribution is 2.25. The van der Waals surface area contributed by atoms with Gasteiger partial charge in [-0.15, -0.1) is 6.42 Å². The van der Waals surface area contributed by atoms with Crippen LogP contribution in [-0.4, -0.2) is 19.3 Å². The van der Waals surface area contributed by atoms with E-state index in [4.69, 9.17) is 12.2 Å².